The summed E-state index contributed by atoms with van der Waals surface area (Å²) in [5.74, 6) is -0.877. The molecular weight excluding hydrogens is 518 g/mol. The van der Waals surface area contributed by atoms with Crippen molar-refractivity contribution in [1.29, 1.82) is 0 Å². The lowest BCUT2D eigenvalue weighted by Gasteiger charge is -2.11. The Hall–Kier alpha value is -4.53. The second-order valence-corrected chi connectivity index (χ2v) is 9.64. The second-order valence-electron chi connectivity index (χ2n) is 8.25. The third-order valence-electron chi connectivity index (χ3n) is 5.59. The highest BCUT2D eigenvalue weighted by Gasteiger charge is 2.18. The average Bonchev–Trinajstić information content (AvgIpc) is 3.63. The van der Waals surface area contributed by atoms with Gasteiger partial charge in [0.05, 0.1) is 10.6 Å². The van der Waals surface area contributed by atoms with Crippen LogP contribution in [0.4, 0.5) is 0 Å². The number of hydrogen-bond donors (Lipinski definition) is 2. The molecule has 3 heterocycles. The van der Waals surface area contributed by atoms with Gasteiger partial charge in [0.1, 0.15) is 11.4 Å². The van der Waals surface area contributed by atoms with Crippen LogP contribution < -0.4 is 10.6 Å². The van der Waals surface area contributed by atoms with Gasteiger partial charge in [0, 0.05) is 41.3 Å². The summed E-state index contributed by atoms with van der Waals surface area (Å²) in [6.45, 7) is 0.252. The summed E-state index contributed by atoms with van der Waals surface area (Å²) < 4.78 is 1.76. The van der Waals surface area contributed by atoms with E-state index in [9.17, 15) is 9.59 Å². The zero-order valence-electron chi connectivity index (χ0n) is 20.0. The molecule has 0 atom stereocenters. The number of para-hydroxylation sites is 1. The monoisotopic (exact) mass is 539 g/mol. The fourth-order valence-corrected chi connectivity index (χ4v) is 4.56. The highest BCUT2D eigenvalue weighted by Crippen LogP contribution is 2.29. The van der Waals surface area contributed by atoms with Gasteiger partial charge in [0.2, 0.25) is 0 Å². The molecule has 9 heteroatoms. The number of carbonyl (C=O) groups is 2. The van der Waals surface area contributed by atoms with E-state index in [0.717, 1.165) is 16.1 Å². The first kappa shape index (κ1) is 25.1. The van der Waals surface area contributed by atoms with Crippen molar-refractivity contribution in [2.45, 2.75) is 6.54 Å². The van der Waals surface area contributed by atoms with Gasteiger partial charge in [-0.2, -0.15) is 5.10 Å². The summed E-state index contributed by atoms with van der Waals surface area (Å²) in [7, 11) is 0. The predicted molar refractivity (Wildman–Crippen MR) is 150 cm³/mol. The first-order valence-corrected chi connectivity index (χ1v) is 13.0. The second kappa shape index (κ2) is 11.7. The average molecular weight is 540 g/mol. The molecule has 2 aromatic carbocycles. The normalized spacial score (nSPS) is 11.2. The van der Waals surface area contributed by atoms with Crippen molar-refractivity contribution in [3.8, 4) is 16.3 Å². The maximum absolute atomic E-state index is 13.4. The quantitative estimate of drug-likeness (QED) is 0.246. The first-order chi connectivity index (χ1) is 18.6. The Morgan fingerprint density at radius 2 is 1.79 bits per heavy atom. The lowest BCUT2D eigenvalue weighted by Crippen LogP contribution is -2.34. The van der Waals surface area contributed by atoms with Crippen LogP contribution in [0.15, 0.2) is 109 Å². The largest absolute Gasteiger partial charge is 0.347 e. The zero-order chi connectivity index (χ0) is 26.3. The molecular formula is C29H22ClN5O2S. The number of benzene rings is 2. The molecule has 2 amide bonds. The number of pyridine rings is 1. The Balaban J connectivity index is 1.52. The number of hydrogen-bond acceptors (Lipinski definition) is 5. The molecule has 0 aliphatic rings. The summed E-state index contributed by atoms with van der Waals surface area (Å²) >= 11 is 7.52. The summed E-state index contributed by atoms with van der Waals surface area (Å²) in [6, 6.07) is 23.7. The molecule has 0 bridgehead atoms. The highest BCUT2D eigenvalue weighted by atomic mass is 35.5. The van der Waals surface area contributed by atoms with Crippen LogP contribution in [0.1, 0.15) is 21.5 Å². The molecule has 188 valence electrons. The summed E-state index contributed by atoms with van der Waals surface area (Å²) in [5.41, 5.74) is 3.54. The Morgan fingerprint density at radius 1 is 0.974 bits per heavy atom. The molecule has 5 aromatic rings. The third kappa shape index (κ3) is 6.05. The van der Waals surface area contributed by atoms with Gasteiger partial charge in [-0.25, -0.2) is 4.68 Å². The summed E-state index contributed by atoms with van der Waals surface area (Å²) in [4.78, 5) is 31.4. The molecule has 0 unspecified atom stereocenters. The number of thiophene rings is 1. The van der Waals surface area contributed by atoms with Gasteiger partial charge < -0.3 is 10.6 Å². The van der Waals surface area contributed by atoms with Crippen LogP contribution in [-0.2, 0) is 11.3 Å². The third-order valence-corrected chi connectivity index (χ3v) is 6.72. The van der Waals surface area contributed by atoms with Crippen LogP contribution in [-0.4, -0.2) is 26.6 Å². The van der Waals surface area contributed by atoms with Gasteiger partial charge in [-0.15, -0.1) is 11.3 Å². The molecule has 0 radical (unpaired) electrons. The van der Waals surface area contributed by atoms with Crippen molar-refractivity contribution in [3.63, 3.8) is 0 Å². The number of nitrogens with zero attached hydrogens (tertiary/aromatic N) is 3. The van der Waals surface area contributed by atoms with E-state index >= 15 is 0 Å². The summed E-state index contributed by atoms with van der Waals surface area (Å²) in [5, 5.41) is 12.9. The van der Waals surface area contributed by atoms with Crippen LogP contribution in [0.25, 0.3) is 22.3 Å². The van der Waals surface area contributed by atoms with Crippen LogP contribution in [0.2, 0.25) is 5.02 Å². The van der Waals surface area contributed by atoms with Crippen molar-refractivity contribution in [2.75, 3.05) is 0 Å². The van der Waals surface area contributed by atoms with E-state index in [2.05, 4.69) is 15.6 Å². The number of rotatable bonds is 8. The smallest absolute Gasteiger partial charge is 0.268 e. The van der Waals surface area contributed by atoms with Crippen molar-refractivity contribution in [3.05, 3.63) is 130 Å². The van der Waals surface area contributed by atoms with Gasteiger partial charge in [-0.3, -0.25) is 14.6 Å². The van der Waals surface area contributed by atoms with Crippen molar-refractivity contribution in [1.82, 2.24) is 25.4 Å². The predicted octanol–water partition coefficient (Wildman–Crippen LogP) is 5.74. The zero-order valence-corrected chi connectivity index (χ0v) is 21.6. The molecule has 3 aromatic heterocycles. The van der Waals surface area contributed by atoms with E-state index in [4.69, 9.17) is 16.7 Å². The molecule has 5 rings (SSSR count). The topological polar surface area (TPSA) is 88.9 Å². The van der Waals surface area contributed by atoms with E-state index in [0.29, 0.717) is 21.8 Å². The number of aromatic nitrogens is 3. The van der Waals surface area contributed by atoms with Gasteiger partial charge in [0.15, 0.2) is 0 Å². The van der Waals surface area contributed by atoms with E-state index in [1.54, 1.807) is 64.8 Å². The van der Waals surface area contributed by atoms with Gasteiger partial charge in [-0.05, 0) is 65.6 Å². The fourth-order valence-electron chi connectivity index (χ4n) is 3.70. The molecule has 0 spiro atoms. The van der Waals surface area contributed by atoms with Crippen molar-refractivity contribution >= 4 is 40.8 Å². The Bertz CT molecular complexity index is 1560. The van der Waals surface area contributed by atoms with E-state index in [1.807, 2.05) is 60.1 Å². The van der Waals surface area contributed by atoms with Gasteiger partial charge in [-0.1, -0.05) is 41.9 Å². The number of carbonyl (C=O) groups excluding carboxylic acids is 2. The lowest BCUT2D eigenvalue weighted by molar-refractivity contribution is -0.117. The minimum absolute atomic E-state index is 0.0826. The number of halogens is 1. The lowest BCUT2D eigenvalue weighted by atomic mass is 10.1. The van der Waals surface area contributed by atoms with E-state index < -0.39 is 11.8 Å². The minimum Gasteiger partial charge on any atom is -0.347 e. The minimum atomic E-state index is -0.444. The van der Waals surface area contributed by atoms with Gasteiger partial charge >= 0.3 is 0 Å². The van der Waals surface area contributed by atoms with Gasteiger partial charge in [0.25, 0.3) is 11.8 Å². The van der Waals surface area contributed by atoms with Crippen LogP contribution in [0.5, 0.6) is 0 Å². The van der Waals surface area contributed by atoms with Crippen LogP contribution in [0.3, 0.4) is 0 Å². The number of nitrogens with one attached hydrogen (secondary N) is 2. The maximum atomic E-state index is 13.4. The molecule has 0 saturated heterocycles. The van der Waals surface area contributed by atoms with E-state index in [-0.39, 0.29) is 12.2 Å². The molecule has 38 heavy (non-hydrogen) atoms. The summed E-state index contributed by atoms with van der Waals surface area (Å²) in [6.07, 6.45) is 6.83. The van der Waals surface area contributed by atoms with Crippen molar-refractivity contribution < 1.29 is 9.59 Å². The highest BCUT2D eigenvalue weighted by molar-refractivity contribution is 7.13. The van der Waals surface area contributed by atoms with Crippen molar-refractivity contribution in [2.24, 2.45) is 0 Å². The van der Waals surface area contributed by atoms with Crippen LogP contribution >= 0.6 is 22.9 Å². The standard InChI is InChI=1S/C29H22ClN5O2S/c30-23-12-10-21(11-13-23)28(36)33-25(29(37)32-18-20-6-4-14-31-17-20)16-22-19-35(24-7-2-1-3-8-24)34-27(22)26-9-5-15-38-26/h1-17,19H,18H2,(H,32,37)(H,33,36)/b25-16-. The molecule has 0 saturated carbocycles. The first-order valence-electron chi connectivity index (χ1n) is 11.7. The Kier molecular flexibility index (Phi) is 7.73. The molecule has 0 aliphatic heterocycles. The van der Waals surface area contributed by atoms with Crippen LogP contribution in [0, 0.1) is 0 Å². The Morgan fingerprint density at radius 3 is 2.50 bits per heavy atom. The fraction of sp³-hybridized carbons (Fsp3) is 0.0345. The molecule has 7 nitrogen and oxygen atoms in total. The SMILES string of the molecule is O=C(NCc1cccnc1)/C(=C/c1cn(-c2ccccc2)nc1-c1cccs1)NC(=O)c1ccc(Cl)cc1. The van der Waals surface area contributed by atoms with E-state index in [1.165, 1.54) is 0 Å². The number of amides is 2. The Labute approximate surface area is 228 Å². The molecule has 0 aliphatic carbocycles. The molecule has 0 fully saturated rings. The molecule has 2 N–H and O–H groups in total. The maximum Gasteiger partial charge on any atom is 0.268 e.